The van der Waals surface area contributed by atoms with Gasteiger partial charge in [-0.25, -0.2) is 15.0 Å². The first-order chi connectivity index (χ1) is 13.2. The summed E-state index contributed by atoms with van der Waals surface area (Å²) in [6, 6.07) is 10.1. The van der Waals surface area contributed by atoms with E-state index in [-0.39, 0.29) is 6.61 Å². The molecular formula is C18H21N5O4. The van der Waals surface area contributed by atoms with Gasteiger partial charge in [0.05, 0.1) is 12.9 Å². The number of imidazole rings is 1. The third kappa shape index (κ3) is 3.37. The van der Waals surface area contributed by atoms with Crippen molar-refractivity contribution in [1.82, 2.24) is 19.5 Å². The fourth-order valence-corrected chi connectivity index (χ4v) is 3.25. The maximum absolute atomic E-state index is 10.2. The summed E-state index contributed by atoms with van der Waals surface area (Å²) in [5, 5.41) is 32.7. The van der Waals surface area contributed by atoms with Crippen molar-refractivity contribution in [2.45, 2.75) is 31.0 Å². The fourth-order valence-electron chi connectivity index (χ4n) is 3.25. The molecule has 4 N–H and O–H groups in total. The van der Waals surface area contributed by atoms with Crippen LogP contribution < -0.4 is 5.32 Å². The van der Waals surface area contributed by atoms with E-state index in [9.17, 15) is 15.3 Å². The van der Waals surface area contributed by atoms with Crippen LogP contribution in [0.4, 0.5) is 5.82 Å². The first kappa shape index (κ1) is 17.8. The first-order valence-corrected chi connectivity index (χ1v) is 8.77. The molecular weight excluding hydrogens is 350 g/mol. The van der Waals surface area contributed by atoms with Crippen molar-refractivity contribution in [3.05, 3.63) is 48.5 Å². The second kappa shape index (κ2) is 7.57. The van der Waals surface area contributed by atoms with Gasteiger partial charge in [0.25, 0.3) is 0 Å². The van der Waals surface area contributed by atoms with Crippen molar-refractivity contribution < 1.29 is 20.1 Å². The van der Waals surface area contributed by atoms with Crippen molar-refractivity contribution in [2.75, 3.05) is 18.5 Å². The molecule has 142 valence electrons. The van der Waals surface area contributed by atoms with Gasteiger partial charge in [-0.2, -0.15) is 0 Å². The Morgan fingerprint density at radius 2 is 1.89 bits per heavy atom. The number of hydrogen-bond donors (Lipinski definition) is 4. The van der Waals surface area contributed by atoms with Crippen molar-refractivity contribution in [1.29, 1.82) is 0 Å². The lowest BCUT2D eigenvalue weighted by atomic mass is 10.1. The normalized spacial score (nSPS) is 25.1. The number of aromatic nitrogens is 4. The fraction of sp³-hybridized carbons (Fsp3) is 0.389. The molecule has 0 bridgehead atoms. The summed E-state index contributed by atoms with van der Waals surface area (Å²) in [5.41, 5.74) is 2.23. The van der Waals surface area contributed by atoms with Crippen molar-refractivity contribution in [2.24, 2.45) is 0 Å². The Bertz CT molecular complexity index is 903. The van der Waals surface area contributed by atoms with E-state index in [1.54, 1.807) is 4.57 Å². The summed E-state index contributed by atoms with van der Waals surface area (Å²) < 4.78 is 7.10. The largest absolute Gasteiger partial charge is 0.394 e. The van der Waals surface area contributed by atoms with Gasteiger partial charge in [-0.15, -0.1) is 0 Å². The van der Waals surface area contributed by atoms with E-state index in [0.717, 1.165) is 6.42 Å². The van der Waals surface area contributed by atoms with E-state index < -0.39 is 24.5 Å². The smallest absolute Gasteiger partial charge is 0.167 e. The Morgan fingerprint density at radius 1 is 1.07 bits per heavy atom. The molecule has 2 aromatic heterocycles. The van der Waals surface area contributed by atoms with Gasteiger partial charge in [0.2, 0.25) is 0 Å². The molecule has 1 aromatic carbocycles. The topological polar surface area (TPSA) is 126 Å². The minimum atomic E-state index is -1.19. The number of benzene rings is 1. The number of rotatable bonds is 6. The number of nitrogens with one attached hydrogen (secondary N) is 1. The zero-order chi connectivity index (χ0) is 18.8. The van der Waals surface area contributed by atoms with E-state index in [1.807, 2.05) is 18.2 Å². The molecule has 0 unspecified atom stereocenters. The molecule has 0 saturated carbocycles. The minimum absolute atomic E-state index is 0.386. The lowest BCUT2D eigenvalue weighted by Crippen LogP contribution is -2.33. The Kier molecular flexibility index (Phi) is 4.99. The lowest BCUT2D eigenvalue weighted by Gasteiger charge is -2.16. The molecule has 0 aliphatic carbocycles. The second-order valence-electron chi connectivity index (χ2n) is 6.44. The van der Waals surface area contributed by atoms with Crippen molar-refractivity contribution in [3.63, 3.8) is 0 Å². The number of hydrogen-bond acceptors (Lipinski definition) is 8. The number of aliphatic hydroxyl groups excluding tert-OH is 3. The molecule has 1 fully saturated rings. The maximum Gasteiger partial charge on any atom is 0.167 e. The van der Waals surface area contributed by atoms with Crippen LogP contribution >= 0.6 is 0 Å². The highest BCUT2D eigenvalue weighted by atomic mass is 16.6. The van der Waals surface area contributed by atoms with Crippen LogP contribution in [0, 0.1) is 0 Å². The van der Waals surface area contributed by atoms with Gasteiger partial charge in [0.1, 0.15) is 24.6 Å². The standard InChI is InChI=1S/C18H21N5O4/c24-8-12-14(25)15(26)18(27-12)23-10-22-13-16(20-9-21-17(13)23)19-7-6-11-4-2-1-3-5-11/h1-5,9-10,12,14-15,18,24-26H,6-8H2,(H,19,20,21)/t12-,14-,15-,18+/m1/s1. The molecule has 0 spiro atoms. The Labute approximate surface area is 155 Å². The molecule has 0 amide bonds. The molecule has 4 rings (SSSR count). The van der Waals surface area contributed by atoms with Crippen LogP contribution in [0.3, 0.4) is 0 Å². The summed E-state index contributed by atoms with van der Waals surface area (Å²) >= 11 is 0. The molecule has 27 heavy (non-hydrogen) atoms. The SMILES string of the molecule is OC[C@H]1O[C@H](n2cnc3c(NCCc4ccccc4)ncnc32)[C@H](O)[C@@H]1O. The van der Waals surface area contributed by atoms with Crippen molar-refractivity contribution in [3.8, 4) is 0 Å². The molecule has 1 saturated heterocycles. The minimum Gasteiger partial charge on any atom is -0.394 e. The van der Waals surface area contributed by atoms with Crippen LogP contribution in [0.15, 0.2) is 43.0 Å². The molecule has 1 aliphatic rings. The average molecular weight is 371 g/mol. The van der Waals surface area contributed by atoms with Crippen LogP contribution in [0.25, 0.3) is 11.2 Å². The van der Waals surface area contributed by atoms with Crippen LogP contribution in [-0.4, -0.2) is 66.3 Å². The first-order valence-electron chi connectivity index (χ1n) is 8.77. The van der Waals surface area contributed by atoms with Gasteiger partial charge >= 0.3 is 0 Å². The van der Waals surface area contributed by atoms with Gasteiger partial charge in [-0.05, 0) is 12.0 Å². The van der Waals surface area contributed by atoms with Gasteiger partial charge in [-0.3, -0.25) is 4.57 Å². The lowest BCUT2D eigenvalue weighted by molar-refractivity contribution is -0.0511. The summed E-state index contributed by atoms with van der Waals surface area (Å²) in [6.45, 7) is 0.291. The Morgan fingerprint density at radius 3 is 2.63 bits per heavy atom. The van der Waals surface area contributed by atoms with Crippen LogP contribution in [0.2, 0.25) is 0 Å². The molecule has 4 atom stereocenters. The average Bonchev–Trinajstić information content (AvgIpc) is 3.25. The van der Waals surface area contributed by atoms with Crippen LogP contribution in [-0.2, 0) is 11.2 Å². The number of anilines is 1. The predicted octanol–water partition coefficient (Wildman–Crippen LogP) is 0.0924. The molecule has 9 nitrogen and oxygen atoms in total. The molecule has 9 heteroatoms. The third-order valence-corrected chi connectivity index (χ3v) is 4.70. The highest BCUT2D eigenvalue weighted by molar-refractivity contribution is 5.82. The molecule has 1 aliphatic heterocycles. The summed E-state index contributed by atoms with van der Waals surface area (Å²) in [7, 11) is 0. The monoisotopic (exact) mass is 371 g/mol. The summed E-state index contributed by atoms with van der Waals surface area (Å²) in [4.78, 5) is 12.8. The van der Waals surface area contributed by atoms with Crippen LogP contribution in [0.1, 0.15) is 11.8 Å². The van der Waals surface area contributed by atoms with Gasteiger partial charge in [0.15, 0.2) is 23.2 Å². The molecule has 0 radical (unpaired) electrons. The number of aliphatic hydroxyl groups is 3. The zero-order valence-corrected chi connectivity index (χ0v) is 14.5. The van der Waals surface area contributed by atoms with Crippen LogP contribution in [0.5, 0.6) is 0 Å². The number of nitrogens with zero attached hydrogens (tertiary/aromatic N) is 4. The van der Waals surface area contributed by atoms with E-state index in [2.05, 4.69) is 32.4 Å². The highest BCUT2D eigenvalue weighted by Crippen LogP contribution is 2.32. The second-order valence-corrected chi connectivity index (χ2v) is 6.44. The maximum atomic E-state index is 10.2. The van der Waals surface area contributed by atoms with E-state index >= 15 is 0 Å². The van der Waals surface area contributed by atoms with E-state index in [4.69, 9.17) is 4.74 Å². The van der Waals surface area contributed by atoms with Gasteiger partial charge in [0, 0.05) is 6.54 Å². The highest BCUT2D eigenvalue weighted by Gasteiger charge is 2.44. The summed E-state index contributed by atoms with van der Waals surface area (Å²) in [5.74, 6) is 0.585. The van der Waals surface area contributed by atoms with E-state index in [1.165, 1.54) is 18.2 Å². The quantitative estimate of drug-likeness (QED) is 0.480. The molecule has 3 aromatic rings. The van der Waals surface area contributed by atoms with E-state index in [0.29, 0.717) is 23.5 Å². The summed E-state index contributed by atoms with van der Waals surface area (Å²) in [6.07, 6.45) is -0.370. The Balaban J connectivity index is 1.53. The zero-order valence-electron chi connectivity index (χ0n) is 14.5. The third-order valence-electron chi connectivity index (χ3n) is 4.70. The van der Waals surface area contributed by atoms with Crippen molar-refractivity contribution >= 4 is 17.0 Å². The predicted molar refractivity (Wildman–Crippen MR) is 97.0 cm³/mol. The Hall–Kier alpha value is -2.59. The number of fused-ring (bicyclic) bond motifs is 1. The molecule has 3 heterocycles. The van der Waals surface area contributed by atoms with Gasteiger partial charge < -0.3 is 25.4 Å². The number of ether oxygens (including phenoxy) is 1. The van der Waals surface area contributed by atoms with Gasteiger partial charge in [-0.1, -0.05) is 30.3 Å².